The van der Waals surface area contributed by atoms with Gasteiger partial charge in [-0.1, -0.05) is 24.3 Å². The van der Waals surface area contributed by atoms with Crippen LogP contribution < -0.4 is 14.8 Å². The first kappa shape index (κ1) is 20.2. The van der Waals surface area contributed by atoms with E-state index in [1.807, 2.05) is 12.1 Å². The summed E-state index contributed by atoms with van der Waals surface area (Å²) in [5.41, 5.74) is 1.20. The highest BCUT2D eigenvalue weighted by atomic mass is 19.1. The second kappa shape index (κ2) is 10.2. The third kappa shape index (κ3) is 6.29. The van der Waals surface area contributed by atoms with Crippen molar-refractivity contribution in [2.75, 3.05) is 27.4 Å². The minimum atomic E-state index is -0.657. The van der Waals surface area contributed by atoms with E-state index in [9.17, 15) is 14.0 Å². The van der Waals surface area contributed by atoms with Crippen molar-refractivity contribution in [2.24, 2.45) is 0 Å². The molecule has 0 fully saturated rings. The maximum absolute atomic E-state index is 13.5. The number of nitrogens with one attached hydrogen (secondary N) is 1. The molecule has 0 spiro atoms. The molecule has 0 aliphatic carbocycles. The molecule has 7 heteroatoms. The lowest BCUT2D eigenvalue weighted by Gasteiger charge is -2.10. The Kier molecular flexibility index (Phi) is 7.61. The Bertz CT molecular complexity index is 794. The van der Waals surface area contributed by atoms with Crippen LogP contribution in [0.4, 0.5) is 4.39 Å². The number of rotatable bonds is 9. The smallest absolute Gasteiger partial charge is 0.310 e. The zero-order valence-corrected chi connectivity index (χ0v) is 15.3. The Balaban J connectivity index is 1.72. The van der Waals surface area contributed by atoms with Crippen molar-refractivity contribution < 1.29 is 28.2 Å². The molecule has 2 aromatic rings. The van der Waals surface area contributed by atoms with Crippen LogP contribution in [-0.4, -0.2) is 39.2 Å². The number of hydrogen-bond acceptors (Lipinski definition) is 5. The molecule has 0 unspecified atom stereocenters. The van der Waals surface area contributed by atoms with Crippen molar-refractivity contribution in [1.29, 1.82) is 0 Å². The summed E-state index contributed by atoms with van der Waals surface area (Å²) >= 11 is 0. The predicted molar refractivity (Wildman–Crippen MR) is 97.3 cm³/mol. The van der Waals surface area contributed by atoms with Gasteiger partial charge in [0.1, 0.15) is 5.82 Å². The molecule has 144 valence electrons. The standard InChI is InChI=1S/C20H22FNO5/c1-25-17-8-7-14(11-18(17)26-2)9-10-22-19(23)13-27-20(24)12-15-5-3-4-6-16(15)21/h3-8,11H,9-10,12-13H2,1-2H3,(H,22,23). The van der Waals surface area contributed by atoms with Gasteiger partial charge in [-0.05, 0) is 35.7 Å². The maximum Gasteiger partial charge on any atom is 0.310 e. The predicted octanol–water partition coefficient (Wildman–Crippen LogP) is 2.29. The van der Waals surface area contributed by atoms with Gasteiger partial charge < -0.3 is 19.5 Å². The minimum Gasteiger partial charge on any atom is -0.493 e. The Morgan fingerprint density at radius 2 is 1.78 bits per heavy atom. The van der Waals surface area contributed by atoms with Crippen LogP contribution in [0.5, 0.6) is 11.5 Å². The molecule has 1 N–H and O–H groups in total. The topological polar surface area (TPSA) is 73.9 Å². The molecule has 0 radical (unpaired) electrons. The van der Waals surface area contributed by atoms with Gasteiger partial charge in [0.05, 0.1) is 20.6 Å². The first-order valence-electron chi connectivity index (χ1n) is 8.40. The molecule has 0 atom stereocenters. The van der Waals surface area contributed by atoms with E-state index in [-0.39, 0.29) is 12.0 Å². The van der Waals surface area contributed by atoms with E-state index in [0.717, 1.165) is 5.56 Å². The summed E-state index contributed by atoms with van der Waals surface area (Å²) in [6.07, 6.45) is 0.362. The van der Waals surface area contributed by atoms with Gasteiger partial charge >= 0.3 is 5.97 Å². The number of amides is 1. The summed E-state index contributed by atoms with van der Waals surface area (Å²) in [6.45, 7) is -0.0294. The number of methoxy groups -OCH3 is 2. The SMILES string of the molecule is COc1ccc(CCNC(=O)COC(=O)Cc2ccccc2F)cc1OC. The van der Waals surface area contributed by atoms with Crippen LogP contribution in [0.2, 0.25) is 0 Å². The lowest BCUT2D eigenvalue weighted by Crippen LogP contribution is -2.30. The van der Waals surface area contributed by atoms with Gasteiger partial charge in [-0.3, -0.25) is 9.59 Å². The van der Waals surface area contributed by atoms with Crippen LogP contribution in [0.1, 0.15) is 11.1 Å². The summed E-state index contributed by atoms with van der Waals surface area (Å²) in [6, 6.07) is 11.4. The van der Waals surface area contributed by atoms with Crippen molar-refractivity contribution in [1.82, 2.24) is 5.32 Å². The number of benzene rings is 2. The highest BCUT2D eigenvalue weighted by Crippen LogP contribution is 2.27. The van der Waals surface area contributed by atoms with Crippen LogP contribution in [0.25, 0.3) is 0 Å². The zero-order valence-electron chi connectivity index (χ0n) is 15.3. The molecule has 0 aromatic heterocycles. The number of esters is 1. The van der Waals surface area contributed by atoms with E-state index in [1.54, 1.807) is 26.4 Å². The minimum absolute atomic E-state index is 0.217. The molecule has 2 aromatic carbocycles. The maximum atomic E-state index is 13.5. The van der Waals surface area contributed by atoms with E-state index in [0.29, 0.717) is 24.5 Å². The van der Waals surface area contributed by atoms with Crippen molar-refractivity contribution in [3.05, 3.63) is 59.4 Å². The third-order valence-corrected chi connectivity index (χ3v) is 3.84. The van der Waals surface area contributed by atoms with Crippen molar-refractivity contribution in [3.8, 4) is 11.5 Å². The van der Waals surface area contributed by atoms with Gasteiger partial charge in [0, 0.05) is 6.54 Å². The van der Waals surface area contributed by atoms with Gasteiger partial charge in [0.2, 0.25) is 0 Å². The number of carbonyl (C=O) groups excluding carboxylic acids is 2. The highest BCUT2D eigenvalue weighted by molar-refractivity contribution is 5.81. The lowest BCUT2D eigenvalue weighted by molar-refractivity contribution is -0.147. The van der Waals surface area contributed by atoms with E-state index in [1.165, 1.54) is 18.2 Å². The molecule has 27 heavy (non-hydrogen) atoms. The third-order valence-electron chi connectivity index (χ3n) is 3.84. The number of hydrogen-bond donors (Lipinski definition) is 1. The first-order chi connectivity index (χ1) is 13.0. The molecule has 0 aliphatic heterocycles. The zero-order chi connectivity index (χ0) is 19.6. The van der Waals surface area contributed by atoms with E-state index >= 15 is 0 Å². The largest absolute Gasteiger partial charge is 0.493 e. The molecule has 2 rings (SSSR count). The van der Waals surface area contributed by atoms with Crippen LogP contribution in [-0.2, 0) is 27.2 Å². The van der Waals surface area contributed by atoms with Crippen LogP contribution in [0, 0.1) is 5.82 Å². The molecule has 6 nitrogen and oxygen atoms in total. The summed E-state index contributed by atoms with van der Waals surface area (Å²) in [5.74, 6) is -0.309. The van der Waals surface area contributed by atoms with Gasteiger partial charge in [0.25, 0.3) is 5.91 Å². The highest BCUT2D eigenvalue weighted by Gasteiger charge is 2.11. The van der Waals surface area contributed by atoms with Crippen LogP contribution in [0.3, 0.4) is 0 Å². The number of carbonyl (C=O) groups is 2. The van der Waals surface area contributed by atoms with Crippen molar-refractivity contribution >= 4 is 11.9 Å². The monoisotopic (exact) mass is 375 g/mol. The molecular weight excluding hydrogens is 353 g/mol. The molecule has 1 amide bonds. The average molecular weight is 375 g/mol. The van der Waals surface area contributed by atoms with E-state index in [2.05, 4.69) is 5.32 Å². The molecule has 0 saturated carbocycles. The van der Waals surface area contributed by atoms with Crippen molar-refractivity contribution in [3.63, 3.8) is 0 Å². The quantitative estimate of drug-likeness (QED) is 0.681. The Hall–Kier alpha value is -3.09. The number of ether oxygens (including phenoxy) is 3. The fourth-order valence-electron chi connectivity index (χ4n) is 2.43. The van der Waals surface area contributed by atoms with E-state index in [4.69, 9.17) is 14.2 Å². The molecule has 0 bridgehead atoms. The number of halogens is 1. The molecule has 0 saturated heterocycles. The van der Waals surface area contributed by atoms with Gasteiger partial charge in [-0.2, -0.15) is 0 Å². The second-order valence-corrected chi connectivity index (χ2v) is 5.72. The summed E-state index contributed by atoms with van der Waals surface area (Å²) in [5, 5.41) is 2.67. The average Bonchev–Trinajstić information content (AvgIpc) is 2.68. The van der Waals surface area contributed by atoms with Crippen molar-refractivity contribution in [2.45, 2.75) is 12.8 Å². The normalized spacial score (nSPS) is 10.2. The van der Waals surface area contributed by atoms with Crippen LogP contribution >= 0.6 is 0 Å². The molecule has 0 aliphatic rings. The van der Waals surface area contributed by atoms with E-state index < -0.39 is 24.3 Å². The Morgan fingerprint density at radius 1 is 1.04 bits per heavy atom. The Labute approximate surface area is 157 Å². The lowest BCUT2D eigenvalue weighted by atomic mass is 10.1. The van der Waals surface area contributed by atoms with Gasteiger partial charge in [0.15, 0.2) is 18.1 Å². The molecule has 0 heterocycles. The summed E-state index contributed by atoms with van der Waals surface area (Å²) in [4.78, 5) is 23.5. The van der Waals surface area contributed by atoms with Gasteiger partial charge in [-0.15, -0.1) is 0 Å². The fourth-order valence-corrected chi connectivity index (χ4v) is 2.43. The Morgan fingerprint density at radius 3 is 2.48 bits per heavy atom. The molecular formula is C20H22FNO5. The first-order valence-corrected chi connectivity index (χ1v) is 8.40. The van der Waals surface area contributed by atoms with Crippen LogP contribution in [0.15, 0.2) is 42.5 Å². The fraction of sp³-hybridized carbons (Fsp3) is 0.300. The summed E-state index contributed by atoms with van der Waals surface area (Å²) < 4.78 is 28.8. The van der Waals surface area contributed by atoms with Gasteiger partial charge in [-0.25, -0.2) is 4.39 Å². The second-order valence-electron chi connectivity index (χ2n) is 5.72. The summed E-state index contributed by atoms with van der Waals surface area (Å²) in [7, 11) is 3.12.